The van der Waals surface area contributed by atoms with E-state index in [-0.39, 0.29) is 5.54 Å². The van der Waals surface area contributed by atoms with Crippen molar-refractivity contribution in [1.82, 2.24) is 0 Å². The van der Waals surface area contributed by atoms with Crippen LogP contribution in [0.15, 0.2) is 18.2 Å². The Morgan fingerprint density at radius 1 is 1.24 bits per heavy atom. The first kappa shape index (κ1) is 12.1. The predicted molar refractivity (Wildman–Crippen MR) is 73.4 cm³/mol. The van der Waals surface area contributed by atoms with Gasteiger partial charge in [-0.3, -0.25) is 0 Å². The van der Waals surface area contributed by atoms with Crippen molar-refractivity contribution >= 4 is 11.4 Å². The summed E-state index contributed by atoms with van der Waals surface area (Å²) >= 11 is 0. The normalized spacial score (nSPS) is 15.2. The molecule has 0 unspecified atom stereocenters. The van der Waals surface area contributed by atoms with Gasteiger partial charge in [-0.1, -0.05) is 6.07 Å². The second-order valence-electron chi connectivity index (χ2n) is 5.69. The first-order chi connectivity index (χ1) is 7.91. The molecule has 0 saturated carbocycles. The molecular formula is C14H22N2O. The number of hydrogen-bond donors (Lipinski definition) is 0. The second-order valence-corrected chi connectivity index (χ2v) is 5.69. The monoisotopic (exact) mass is 234 g/mol. The van der Waals surface area contributed by atoms with Gasteiger partial charge in [0.05, 0.1) is 17.9 Å². The van der Waals surface area contributed by atoms with Crippen LogP contribution in [0.2, 0.25) is 0 Å². The van der Waals surface area contributed by atoms with Crippen LogP contribution in [0, 0.1) is 0 Å². The average Bonchev–Trinajstić information content (AvgIpc) is 2.26. The third-order valence-electron chi connectivity index (χ3n) is 3.12. The number of benzene rings is 1. The van der Waals surface area contributed by atoms with Gasteiger partial charge in [0.1, 0.15) is 6.61 Å². The first-order valence-corrected chi connectivity index (χ1v) is 6.12. The molecule has 1 aliphatic rings. The Bertz CT molecular complexity index is 407. The summed E-state index contributed by atoms with van der Waals surface area (Å²) in [4.78, 5) is 4.52. The zero-order valence-corrected chi connectivity index (χ0v) is 11.4. The van der Waals surface area contributed by atoms with Crippen molar-refractivity contribution in [2.45, 2.75) is 26.3 Å². The van der Waals surface area contributed by atoms with E-state index >= 15 is 0 Å². The summed E-state index contributed by atoms with van der Waals surface area (Å²) in [6.07, 6.45) is 0. The van der Waals surface area contributed by atoms with Gasteiger partial charge < -0.3 is 14.5 Å². The lowest BCUT2D eigenvalue weighted by Crippen LogP contribution is -2.46. The molecule has 0 spiro atoms. The number of hydrogen-bond acceptors (Lipinski definition) is 3. The van der Waals surface area contributed by atoms with E-state index in [0.29, 0.717) is 0 Å². The van der Waals surface area contributed by atoms with Crippen molar-refractivity contribution in [3.8, 4) is 5.75 Å². The maximum atomic E-state index is 5.86. The summed E-state index contributed by atoms with van der Waals surface area (Å²) in [5.41, 5.74) is 2.48. The third-order valence-corrected chi connectivity index (χ3v) is 3.12. The number of ether oxygens (including phenoxy) is 1. The van der Waals surface area contributed by atoms with Gasteiger partial charge in [0, 0.05) is 19.6 Å². The van der Waals surface area contributed by atoms with Crippen LogP contribution in [0.5, 0.6) is 5.75 Å². The number of rotatable bonds is 1. The Morgan fingerprint density at radius 3 is 2.53 bits per heavy atom. The fraction of sp³-hybridized carbons (Fsp3) is 0.571. The van der Waals surface area contributed by atoms with E-state index < -0.39 is 0 Å². The van der Waals surface area contributed by atoms with Crippen LogP contribution in [0.4, 0.5) is 11.4 Å². The quantitative estimate of drug-likeness (QED) is 0.743. The Kier molecular flexibility index (Phi) is 2.94. The molecule has 0 amide bonds. The van der Waals surface area contributed by atoms with E-state index in [9.17, 15) is 0 Å². The van der Waals surface area contributed by atoms with Gasteiger partial charge in [-0.15, -0.1) is 0 Å². The number of anilines is 2. The van der Waals surface area contributed by atoms with Crippen molar-refractivity contribution in [2.75, 3.05) is 37.0 Å². The molecule has 3 nitrogen and oxygen atoms in total. The van der Waals surface area contributed by atoms with Crippen LogP contribution in [-0.4, -0.2) is 32.8 Å². The highest BCUT2D eigenvalue weighted by Gasteiger charge is 2.29. The summed E-state index contributed by atoms with van der Waals surface area (Å²) < 4.78 is 5.86. The highest BCUT2D eigenvalue weighted by Crippen LogP contribution is 2.41. The van der Waals surface area contributed by atoms with Crippen LogP contribution in [0.3, 0.4) is 0 Å². The van der Waals surface area contributed by atoms with Crippen LogP contribution < -0.4 is 14.5 Å². The van der Waals surface area contributed by atoms with Gasteiger partial charge in [0.15, 0.2) is 5.75 Å². The number of nitrogens with zero attached hydrogens (tertiary/aromatic N) is 2. The van der Waals surface area contributed by atoms with Gasteiger partial charge >= 0.3 is 0 Å². The van der Waals surface area contributed by atoms with E-state index in [1.54, 1.807) is 0 Å². The van der Waals surface area contributed by atoms with Crippen molar-refractivity contribution < 1.29 is 4.74 Å². The molecule has 0 saturated heterocycles. The lowest BCUT2D eigenvalue weighted by atomic mass is 10.0. The molecule has 94 valence electrons. The topological polar surface area (TPSA) is 15.7 Å². The maximum Gasteiger partial charge on any atom is 0.165 e. The smallest absolute Gasteiger partial charge is 0.165 e. The van der Waals surface area contributed by atoms with Gasteiger partial charge in [-0.25, -0.2) is 0 Å². The predicted octanol–water partition coefficient (Wildman–Crippen LogP) is 2.75. The fourth-order valence-electron chi connectivity index (χ4n) is 2.28. The minimum absolute atomic E-state index is 0.128. The molecule has 0 aliphatic carbocycles. The molecule has 0 bridgehead atoms. The minimum Gasteiger partial charge on any atom is -0.487 e. The summed E-state index contributed by atoms with van der Waals surface area (Å²) in [6.45, 7) is 8.43. The molecular weight excluding hydrogens is 212 g/mol. The van der Waals surface area contributed by atoms with E-state index in [1.807, 2.05) is 0 Å². The highest BCUT2D eigenvalue weighted by molar-refractivity contribution is 5.74. The number of para-hydroxylation sites is 1. The largest absolute Gasteiger partial charge is 0.487 e. The SMILES string of the molecule is CN(C)c1cccc2c1OCCN2C(C)(C)C. The van der Waals surface area contributed by atoms with Crippen molar-refractivity contribution in [2.24, 2.45) is 0 Å². The Morgan fingerprint density at radius 2 is 1.94 bits per heavy atom. The molecule has 3 heteroatoms. The molecule has 0 atom stereocenters. The van der Waals surface area contributed by atoms with E-state index in [1.165, 1.54) is 5.69 Å². The minimum atomic E-state index is 0.128. The lowest BCUT2D eigenvalue weighted by molar-refractivity contribution is 0.290. The van der Waals surface area contributed by atoms with Crippen molar-refractivity contribution in [3.63, 3.8) is 0 Å². The van der Waals surface area contributed by atoms with Gasteiger partial charge in [-0.05, 0) is 32.9 Å². The lowest BCUT2D eigenvalue weighted by Gasteiger charge is -2.42. The van der Waals surface area contributed by atoms with Crippen LogP contribution in [0.1, 0.15) is 20.8 Å². The maximum absolute atomic E-state index is 5.86. The summed E-state index contributed by atoms with van der Waals surface area (Å²) in [6, 6.07) is 6.35. The standard InChI is InChI=1S/C14H22N2O/c1-14(2,3)16-9-10-17-13-11(15(4)5)7-6-8-12(13)16/h6-8H,9-10H2,1-5H3. The van der Waals surface area contributed by atoms with Crippen molar-refractivity contribution in [1.29, 1.82) is 0 Å². The Labute approximate surface area is 104 Å². The van der Waals surface area contributed by atoms with E-state index in [4.69, 9.17) is 4.74 Å². The van der Waals surface area contributed by atoms with Crippen molar-refractivity contribution in [3.05, 3.63) is 18.2 Å². The Balaban J connectivity index is 2.50. The molecule has 1 heterocycles. The molecule has 0 aromatic heterocycles. The fourth-order valence-corrected chi connectivity index (χ4v) is 2.28. The first-order valence-electron chi connectivity index (χ1n) is 6.12. The zero-order valence-electron chi connectivity index (χ0n) is 11.4. The number of fused-ring (bicyclic) bond motifs is 1. The average molecular weight is 234 g/mol. The molecule has 0 radical (unpaired) electrons. The van der Waals surface area contributed by atoms with E-state index in [0.717, 1.165) is 24.6 Å². The van der Waals surface area contributed by atoms with Crippen LogP contribution in [0.25, 0.3) is 0 Å². The molecule has 1 aromatic rings. The summed E-state index contributed by atoms with van der Waals surface area (Å²) in [5.74, 6) is 1.01. The molecule has 2 rings (SSSR count). The molecule has 1 aromatic carbocycles. The second kappa shape index (κ2) is 4.13. The molecule has 0 fully saturated rings. The van der Waals surface area contributed by atoms with Gasteiger partial charge in [0.25, 0.3) is 0 Å². The molecule has 1 aliphatic heterocycles. The molecule has 17 heavy (non-hydrogen) atoms. The Hall–Kier alpha value is -1.38. The van der Waals surface area contributed by atoms with Crippen LogP contribution >= 0.6 is 0 Å². The molecule has 0 N–H and O–H groups in total. The van der Waals surface area contributed by atoms with Gasteiger partial charge in [0.2, 0.25) is 0 Å². The van der Waals surface area contributed by atoms with E-state index in [2.05, 4.69) is 62.9 Å². The zero-order chi connectivity index (χ0) is 12.6. The highest BCUT2D eigenvalue weighted by atomic mass is 16.5. The summed E-state index contributed by atoms with van der Waals surface area (Å²) in [7, 11) is 4.10. The summed E-state index contributed by atoms with van der Waals surface area (Å²) in [5, 5.41) is 0. The van der Waals surface area contributed by atoms with Gasteiger partial charge in [-0.2, -0.15) is 0 Å². The third kappa shape index (κ3) is 2.19. The van der Waals surface area contributed by atoms with Crippen LogP contribution in [-0.2, 0) is 0 Å².